The molecule has 2 N–H and O–H groups in total. The smallest absolute Gasteiger partial charge is 0.409 e. The molecule has 0 saturated carbocycles. The molecule has 0 aliphatic carbocycles. The molecule has 0 unspecified atom stereocenters. The summed E-state index contributed by atoms with van der Waals surface area (Å²) in [5.74, 6) is 1.43. The summed E-state index contributed by atoms with van der Waals surface area (Å²) in [4.78, 5) is 24.1. The van der Waals surface area contributed by atoms with Crippen LogP contribution in [0.1, 0.15) is 0 Å². The van der Waals surface area contributed by atoms with Gasteiger partial charge in [-0.05, 0) is 12.1 Å². The van der Waals surface area contributed by atoms with Crippen molar-refractivity contribution >= 4 is 17.7 Å². The number of hydrogen-bond acceptors (Lipinski definition) is 9. The maximum absolute atomic E-state index is 11.6. The van der Waals surface area contributed by atoms with Crippen LogP contribution in [-0.4, -0.2) is 64.4 Å². The highest BCUT2D eigenvalue weighted by Crippen LogP contribution is 2.27. The lowest BCUT2D eigenvalue weighted by atomic mass is 10.2. The molecular formula is C18H19N7O3. The fraction of sp³-hybridized carbons (Fsp3) is 0.278. The number of rotatable bonds is 3. The molecule has 1 fully saturated rings. The van der Waals surface area contributed by atoms with E-state index in [1.807, 2.05) is 35.2 Å². The SMILES string of the molecule is COC(=O)N1CCN(c2cnc(N)c(-c3nnc(-c4ccccc4)o3)n2)CC1. The van der Waals surface area contributed by atoms with Crippen molar-refractivity contribution in [3.8, 4) is 23.0 Å². The number of ether oxygens (including phenoxy) is 1. The van der Waals surface area contributed by atoms with Crippen LogP contribution in [0.4, 0.5) is 16.4 Å². The first-order valence-corrected chi connectivity index (χ1v) is 8.75. The van der Waals surface area contributed by atoms with Crippen LogP contribution in [0.2, 0.25) is 0 Å². The molecule has 0 radical (unpaired) electrons. The van der Waals surface area contributed by atoms with Gasteiger partial charge in [-0.25, -0.2) is 14.8 Å². The van der Waals surface area contributed by atoms with Gasteiger partial charge in [0.25, 0.3) is 5.89 Å². The summed E-state index contributed by atoms with van der Waals surface area (Å²) in [6.45, 7) is 2.28. The third-order valence-electron chi connectivity index (χ3n) is 4.47. The molecule has 3 heterocycles. The number of nitrogens with two attached hydrogens (primary N) is 1. The molecule has 10 heteroatoms. The molecule has 0 bridgehead atoms. The summed E-state index contributed by atoms with van der Waals surface area (Å²) in [5.41, 5.74) is 7.13. The molecule has 0 atom stereocenters. The topological polar surface area (TPSA) is 124 Å². The van der Waals surface area contributed by atoms with Crippen molar-refractivity contribution in [2.45, 2.75) is 0 Å². The highest BCUT2D eigenvalue weighted by atomic mass is 16.5. The molecule has 1 saturated heterocycles. The number of nitrogen functional groups attached to an aromatic ring is 1. The first kappa shape index (κ1) is 17.7. The van der Waals surface area contributed by atoms with E-state index in [0.717, 1.165) is 5.56 Å². The molecule has 0 spiro atoms. The Morgan fingerprint density at radius 2 is 1.82 bits per heavy atom. The van der Waals surface area contributed by atoms with Crippen LogP contribution in [0.3, 0.4) is 0 Å². The Bertz CT molecular complexity index is 968. The van der Waals surface area contributed by atoms with Gasteiger partial charge in [-0.15, -0.1) is 10.2 Å². The molecule has 10 nitrogen and oxygen atoms in total. The Labute approximate surface area is 161 Å². The summed E-state index contributed by atoms with van der Waals surface area (Å²) in [7, 11) is 1.38. The zero-order chi connectivity index (χ0) is 19.5. The molecule has 4 rings (SSSR count). The maximum atomic E-state index is 11.6. The van der Waals surface area contributed by atoms with E-state index in [1.54, 1.807) is 11.1 Å². The number of carbonyl (C=O) groups is 1. The van der Waals surface area contributed by atoms with Gasteiger partial charge < -0.3 is 24.7 Å². The van der Waals surface area contributed by atoms with E-state index in [1.165, 1.54) is 7.11 Å². The summed E-state index contributed by atoms with van der Waals surface area (Å²) < 4.78 is 10.5. The van der Waals surface area contributed by atoms with Gasteiger partial charge in [-0.2, -0.15) is 0 Å². The summed E-state index contributed by atoms with van der Waals surface area (Å²) >= 11 is 0. The minimum atomic E-state index is -0.331. The van der Waals surface area contributed by atoms with E-state index in [9.17, 15) is 4.79 Å². The molecule has 2 aromatic heterocycles. The average molecular weight is 381 g/mol. The second kappa shape index (κ2) is 7.51. The summed E-state index contributed by atoms with van der Waals surface area (Å²) in [6, 6.07) is 9.45. The first-order valence-electron chi connectivity index (χ1n) is 8.75. The molecule has 1 aliphatic rings. The van der Waals surface area contributed by atoms with E-state index in [0.29, 0.717) is 43.6 Å². The lowest BCUT2D eigenvalue weighted by Gasteiger charge is -2.34. The second-order valence-electron chi connectivity index (χ2n) is 6.18. The average Bonchev–Trinajstić information content (AvgIpc) is 3.24. The Morgan fingerprint density at radius 1 is 1.11 bits per heavy atom. The van der Waals surface area contributed by atoms with Crippen molar-refractivity contribution in [3.63, 3.8) is 0 Å². The number of carbonyl (C=O) groups excluding carboxylic acids is 1. The molecule has 1 aliphatic heterocycles. The van der Waals surface area contributed by atoms with Crippen LogP contribution < -0.4 is 10.6 Å². The molecule has 1 amide bonds. The minimum Gasteiger partial charge on any atom is -0.453 e. The van der Waals surface area contributed by atoms with Crippen LogP contribution in [0.5, 0.6) is 0 Å². The van der Waals surface area contributed by atoms with Gasteiger partial charge in [0.05, 0.1) is 13.3 Å². The summed E-state index contributed by atoms with van der Waals surface area (Å²) in [5, 5.41) is 8.14. The molecule has 3 aromatic rings. The van der Waals surface area contributed by atoms with Crippen molar-refractivity contribution in [1.82, 2.24) is 25.1 Å². The second-order valence-corrected chi connectivity index (χ2v) is 6.18. The van der Waals surface area contributed by atoms with Crippen LogP contribution in [0.15, 0.2) is 40.9 Å². The number of amides is 1. The van der Waals surface area contributed by atoms with Gasteiger partial charge in [-0.1, -0.05) is 18.2 Å². The quantitative estimate of drug-likeness (QED) is 0.721. The highest BCUT2D eigenvalue weighted by molar-refractivity contribution is 5.68. The third-order valence-corrected chi connectivity index (χ3v) is 4.47. The van der Waals surface area contributed by atoms with Crippen molar-refractivity contribution in [2.75, 3.05) is 43.9 Å². The standard InChI is InChI=1S/C18H19N7O3/c1-27-18(26)25-9-7-24(8-10-25)13-11-20-15(19)14(21-13)17-23-22-16(28-17)12-5-3-2-4-6-12/h2-6,11H,7-10H2,1H3,(H2,19,20). The lowest BCUT2D eigenvalue weighted by molar-refractivity contribution is 0.121. The predicted molar refractivity (Wildman–Crippen MR) is 101 cm³/mol. The van der Waals surface area contributed by atoms with Crippen LogP contribution in [0.25, 0.3) is 23.0 Å². The summed E-state index contributed by atoms with van der Waals surface area (Å²) in [6.07, 6.45) is 1.27. The zero-order valence-corrected chi connectivity index (χ0v) is 15.3. The number of hydrogen-bond donors (Lipinski definition) is 1. The fourth-order valence-electron chi connectivity index (χ4n) is 2.96. The van der Waals surface area contributed by atoms with E-state index in [4.69, 9.17) is 14.9 Å². The van der Waals surface area contributed by atoms with E-state index >= 15 is 0 Å². The Morgan fingerprint density at radius 3 is 2.54 bits per heavy atom. The largest absolute Gasteiger partial charge is 0.453 e. The van der Waals surface area contributed by atoms with E-state index in [2.05, 4.69) is 20.2 Å². The van der Waals surface area contributed by atoms with Gasteiger partial charge in [0.15, 0.2) is 11.5 Å². The highest BCUT2D eigenvalue weighted by Gasteiger charge is 2.24. The lowest BCUT2D eigenvalue weighted by Crippen LogP contribution is -2.49. The number of benzene rings is 1. The third kappa shape index (κ3) is 3.43. The van der Waals surface area contributed by atoms with Crippen LogP contribution >= 0.6 is 0 Å². The monoisotopic (exact) mass is 381 g/mol. The van der Waals surface area contributed by atoms with Crippen LogP contribution in [-0.2, 0) is 4.74 Å². The minimum absolute atomic E-state index is 0.207. The molecule has 1 aromatic carbocycles. The van der Waals surface area contributed by atoms with Gasteiger partial charge in [-0.3, -0.25) is 0 Å². The molecule has 144 valence electrons. The van der Waals surface area contributed by atoms with Crippen molar-refractivity contribution in [2.24, 2.45) is 0 Å². The Balaban J connectivity index is 1.55. The van der Waals surface area contributed by atoms with E-state index < -0.39 is 0 Å². The first-order chi connectivity index (χ1) is 13.7. The normalized spacial score (nSPS) is 14.2. The number of piperazine rings is 1. The Hall–Kier alpha value is -3.69. The van der Waals surface area contributed by atoms with Gasteiger partial charge in [0, 0.05) is 31.7 Å². The van der Waals surface area contributed by atoms with Crippen molar-refractivity contribution < 1.29 is 13.9 Å². The van der Waals surface area contributed by atoms with Gasteiger partial charge >= 0.3 is 6.09 Å². The molecular weight excluding hydrogens is 362 g/mol. The zero-order valence-electron chi connectivity index (χ0n) is 15.3. The number of anilines is 2. The molecule has 28 heavy (non-hydrogen) atoms. The van der Waals surface area contributed by atoms with Crippen LogP contribution in [0, 0.1) is 0 Å². The van der Waals surface area contributed by atoms with Gasteiger partial charge in [0.1, 0.15) is 5.82 Å². The van der Waals surface area contributed by atoms with E-state index in [-0.39, 0.29) is 17.8 Å². The fourth-order valence-corrected chi connectivity index (χ4v) is 2.96. The predicted octanol–water partition coefficient (Wildman–Crippen LogP) is 1.66. The van der Waals surface area contributed by atoms with Crippen molar-refractivity contribution in [3.05, 3.63) is 36.5 Å². The van der Waals surface area contributed by atoms with Gasteiger partial charge in [0.2, 0.25) is 5.89 Å². The number of methoxy groups -OCH3 is 1. The maximum Gasteiger partial charge on any atom is 0.409 e. The van der Waals surface area contributed by atoms with Crippen molar-refractivity contribution in [1.29, 1.82) is 0 Å². The number of nitrogens with zero attached hydrogens (tertiary/aromatic N) is 6. The number of aromatic nitrogens is 4. The Kier molecular flexibility index (Phi) is 4.75.